The summed E-state index contributed by atoms with van der Waals surface area (Å²) in [4.78, 5) is 21.6. The number of likely N-dealkylation sites (N-methyl/N-ethyl adjacent to an activating group) is 1. The first-order valence-corrected chi connectivity index (χ1v) is 13.4. The van der Waals surface area contributed by atoms with E-state index in [9.17, 15) is 13.6 Å². The first-order chi connectivity index (χ1) is 18.4. The highest BCUT2D eigenvalue weighted by Crippen LogP contribution is 2.42. The van der Waals surface area contributed by atoms with Crippen LogP contribution in [0.25, 0.3) is 0 Å². The molecule has 1 amide bonds. The molecule has 0 N–H and O–H groups in total. The molecule has 0 aliphatic carbocycles. The minimum absolute atomic E-state index is 0.0780. The van der Waals surface area contributed by atoms with Crippen molar-refractivity contribution in [3.8, 4) is 11.5 Å². The average Bonchev–Trinajstić information content (AvgIpc) is 2.83. The van der Waals surface area contributed by atoms with Crippen LogP contribution in [-0.4, -0.2) is 87.6 Å². The number of piperazine rings is 1. The molecule has 0 saturated carbocycles. The summed E-state index contributed by atoms with van der Waals surface area (Å²) < 4.78 is 42.4. The second kappa shape index (κ2) is 12.1. The summed E-state index contributed by atoms with van der Waals surface area (Å²) in [6, 6.07) is 10.4. The summed E-state index contributed by atoms with van der Waals surface area (Å²) in [5.41, 5.74) is 0.768. The Morgan fingerprint density at radius 1 is 1.08 bits per heavy atom. The molecule has 4 rings (SSSR count). The highest BCUT2D eigenvalue weighted by molar-refractivity contribution is 6.36. The van der Waals surface area contributed by atoms with E-state index in [1.54, 1.807) is 40.0 Å². The number of nitrogens with zero attached hydrogens (tertiary/aromatic N) is 4. The molecule has 0 bridgehead atoms. The van der Waals surface area contributed by atoms with Crippen LogP contribution in [0.3, 0.4) is 0 Å². The van der Waals surface area contributed by atoms with Gasteiger partial charge in [0.25, 0.3) is 0 Å². The quantitative estimate of drug-likeness (QED) is 0.428. The third-order valence-corrected chi connectivity index (χ3v) is 7.28. The molecule has 2 aliphatic heterocycles. The summed E-state index contributed by atoms with van der Waals surface area (Å²) in [7, 11) is 3.68. The molecular weight excluding hydrogens is 530 g/mol. The van der Waals surface area contributed by atoms with Crippen molar-refractivity contribution in [3.63, 3.8) is 0 Å². The Bertz CT molecular complexity index is 1130. The third-order valence-electron chi connectivity index (χ3n) is 6.89. The molecular formula is C28H37ClF2N4O4. The fourth-order valence-corrected chi connectivity index (χ4v) is 5.05. The molecule has 39 heavy (non-hydrogen) atoms. The van der Waals surface area contributed by atoms with Gasteiger partial charge in [-0.1, -0.05) is 23.7 Å². The Morgan fingerprint density at radius 2 is 1.72 bits per heavy atom. The van der Waals surface area contributed by atoms with Gasteiger partial charge in [-0.25, -0.2) is 4.79 Å². The van der Waals surface area contributed by atoms with Crippen molar-refractivity contribution < 1.29 is 27.8 Å². The third kappa shape index (κ3) is 7.43. The molecule has 11 heteroatoms. The van der Waals surface area contributed by atoms with Crippen molar-refractivity contribution >= 4 is 29.1 Å². The summed E-state index contributed by atoms with van der Waals surface area (Å²) >= 11 is 6.93. The Morgan fingerprint density at radius 3 is 2.28 bits per heavy atom. The van der Waals surface area contributed by atoms with Crippen molar-refractivity contribution in [2.75, 3.05) is 63.2 Å². The fraction of sp³-hybridized carbons (Fsp3) is 0.536. The molecule has 0 unspecified atom stereocenters. The largest absolute Gasteiger partial charge is 0.497 e. The number of amides is 1. The molecule has 2 aromatic rings. The number of carbonyl (C=O) groups excluding carboxylic acids is 1. The normalized spacial score (nSPS) is 17.2. The molecule has 0 radical (unpaired) electrons. The molecule has 2 fully saturated rings. The second-order valence-electron chi connectivity index (χ2n) is 11.0. The number of rotatable bonds is 8. The molecule has 0 aromatic heterocycles. The Hall–Kier alpha value is -2.82. The van der Waals surface area contributed by atoms with E-state index in [-0.39, 0.29) is 23.0 Å². The van der Waals surface area contributed by atoms with Crippen LogP contribution in [0, 0.1) is 0 Å². The Balaban J connectivity index is 1.66. The first-order valence-electron chi connectivity index (χ1n) is 13.0. The maximum absolute atomic E-state index is 13.4. The number of hydrogen-bond donors (Lipinski definition) is 0. The van der Waals surface area contributed by atoms with Gasteiger partial charge in [-0.2, -0.15) is 8.78 Å². The van der Waals surface area contributed by atoms with Gasteiger partial charge in [0.2, 0.25) is 0 Å². The van der Waals surface area contributed by atoms with Crippen molar-refractivity contribution in [2.45, 2.75) is 45.6 Å². The van der Waals surface area contributed by atoms with Crippen molar-refractivity contribution in [1.82, 2.24) is 9.80 Å². The first kappa shape index (κ1) is 29.2. The van der Waals surface area contributed by atoms with Gasteiger partial charge in [0.1, 0.15) is 17.1 Å². The molecule has 8 nitrogen and oxygen atoms in total. The van der Waals surface area contributed by atoms with Crippen LogP contribution in [0.2, 0.25) is 5.02 Å². The van der Waals surface area contributed by atoms with Crippen LogP contribution >= 0.6 is 11.6 Å². The van der Waals surface area contributed by atoms with Gasteiger partial charge in [-0.3, -0.25) is 9.80 Å². The van der Waals surface area contributed by atoms with Gasteiger partial charge in [-0.05, 0) is 45.5 Å². The minimum atomic E-state index is -3.03. The van der Waals surface area contributed by atoms with Crippen LogP contribution in [0.15, 0.2) is 36.4 Å². The van der Waals surface area contributed by atoms with Crippen LogP contribution < -0.4 is 19.3 Å². The van der Waals surface area contributed by atoms with E-state index in [4.69, 9.17) is 25.8 Å². The number of methoxy groups -OCH3 is 1. The van der Waals surface area contributed by atoms with Crippen LogP contribution in [0.5, 0.6) is 11.5 Å². The lowest BCUT2D eigenvalue weighted by molar-refractivity contribution is -0.0497. The number of anilines is 2. The van der Waals surface area contributed by atoms with Gasteiger partial charge in [0.05, 0.1) is 30.1 Å². The maximum Gasteiger partial charge on any atom is 0.415 e. The zero-order valence-corrected chi connectivity index (χ0v) is 23.9. The number of benzene rings is 2. The molecule has 2 aliphatic rings. The Labute approximate surface area is 233 Å². The van der Waals surface area contributed by atoms with Crippen molar-refractivity contribution in [3.05, 3.63) is 47.0 Å². The lowest BCUT2D eigenvalue weighted by Crippen LogP contribution is -2.63. The number of carbonyl (C=O) groups is 1. The molecule has 0 atom stereocenters. The Kier molecular flexibility index (Phi) is 9.08. The number of halogens is 3. The number of ether oxygens (including phenoxy) is 3. The molecule has 2 heterocycles. The van der Waals surface area contributed by atoms with Crippen LogP contribution in [0.4, 0.5) is 25.0 Å². The molecule has 2 aromatic carbocycles. The minimum Gasteiger partial charge on any atom is -0.497 e. The molecule has 214 valence electrons. The lowest BCUT2D eigenvalue weighted by Gasteiger charge is -2.49. The number of alkyl halides is 2. The SMILES string of the molecule is COc1ccc(CN(C(=O)OC(C)(C)C)c2cc(OC(F)F)cc(N3CC(N4CCN(C)CC4)C3)c2Cl)cc1. The molecule has 2 saturated heterocycles. The summed E-state index contributed by atoms with van der Waals surface area (Å²) in [5, 5.41) is 0.271. The standard InChI is InChI=1S/C28H37ClF2N4O4/c1-28(2,3)39-27(36)35(16-19-6-8-21(37-5)9-7-19)24-15-22(38-26(30)31)14-23(25(24)29)34-17-20(18-34)33-12-10-32(4)11-13-33/h6-9,14-15,20,26H,10-13,16-18H2,1-5H3. The van der Waals surface area contributed by atoms with E-state index in [0.717, 1.165) is 31.7 Å². The summed E-state index contributed by atoms with van der Waals surface area (Å²) in [6.07, 6.45) is -0.653. The second-order valence-corrected chi connectivity index (χ2v) is 11.3. The highest BCUT2D eigenvalue weighted by atomic mass is 35.5. The molecule has 0 spiro atoms. The van der Waals surface area contributed by atoms with E-state index >= 15 is 0 Å². The zero-order valence-electron chi connectivity index (χ0n) is 23.1. The van der Waals surface area contributed by atoms with Crippen LogP contribution in [0.1, 0.15) is 26.3 Å². The van der Waals surface area contributed by atoms with Gasteiger partial charge >= 0.3 is 12.7 Å². The predicted octanol–water partition coefficient (Wildman–Crippen LogP) is 5.33. The van der Waals surface area contributed by atoms with Crippen LogP contribution in [-0.2, 0) is 11.3 Å². The summed E-state index contributed by atoms with van der Waals surface area (Å²) in [5.74, 6) is 0.591. The van der Waals surface area contributed by atoms with E-state index < -0.39 is 18.3 Å². The average molecular weight is 567 g/mol. The lowest BCUT2D eigenvalue weighted by atomic mass is 10.0. The van der Waals surface area contributed by atoms with E-state index in [2.05, 4.69) is 16.8 Å². The zero-order chi connectivity index (χ0) is 28.3. The van der Waals surface area contributed by atoms with E-state index in [0.29, 0.717) is 30.6 Å². The topological polar surface area (TPSA) is 57.7 Å². The smallest absolute Gasteiger partial charge is 0.415 e. The van der Waals surface area contributed by atoms with Crippen molar-refractivity contribution in [1.29, 1.82) is 0 Å². The number of hydrogen-bond acceptors (Lipinski definition) is 7. The van der Waals surface area contributed by atoms with Crippen molar-refractivity contribution in [2.24, 2.45) is 0 Å². The van der Waals surface area contributed by atoms with Gasteiger partial charge in [0.15, 0.2) is 0 Å². The fourth-order valence-electron chi connectivity index (χ4n) is 4.72. The highest BCUT2D eigenvalue weighted by Gasteiger charge is 2.36. The monoisotopic (exact) mass is 566 g/mol. The predicted molar refractivity (Wildman–Crippen MR) is 149 cm³/mol. The van der Waals surface area contributed by atoms with Gasteiger partial charge in [0, 0.05) is 57.4 Å². The van der Waals surface area contributed by atoms with Gasteiger partial charge in [-0.15, -0.1) is 0 Å². The van der Waals surface area contributed by atoms with Gasteiger partial charge < -0.3 is 24.0 Å². The summed E-state index contributed by atoms with van der Waals surface area (Å²) in [6.45, 7) is 7.74. The van der Waals surface area contributed by atoms with E-state index in [1.807, 2.05) is 17.0 Å². The van der Waals surface area contributed by atoms with E-state index in [1.165, 1.54) is 17.0 Å². The maximum atomic E-state index is 13.4.